The highest BCUT2D eigenvalue weighted by molar-refractivity contribution is 5.79. The molecule has 1 heterocycles. The van der Waals surface area contributed by atoms with E-state index in [9.17, 15) is 13.2 Å². The van der Waals surface area contributed by atoms with Crippen LogP contribution in [0.1, 0.15) is 32.0 Å². The third-order valence-electron chi connectivity index (χ3n) is 2.74. The van der Waals surface area contributed by atoms with Gasteiger partial charge < -0.3 is 0 Å². The number of rotatable bonds is 0. The van der Waals surface area contributed by atoms with Crippen molar-refractivity contribution < 1.29 is 13.2 Å². The number of hydrogen-bond donors (Lipinski definition) is 0. The highest BCUT2D eigenvalue weighted by Gasteiger charge is 2.37. The average Bonchev–Trinajstić information content (AvgIpc) is 2.25. The van der Waals surface area contributed by atoms with Crippen molar-refractivity contribution >= 4 is 10.9 Å². The number of nitrogens with zero attached hydrogens (tertiary/aromatic N) is 1. The minimum Gasteiger partial charge on any atom is -0.252 e. The van der Waals surface area contributed by atoms with Gasteiger partial charge in [-0.3, -0.25) is 4.98 Å². The molecule has 0 amide bonds. The van der Waals surface area contributed by atoms with E-state index in [1.165, 1.54) is 6.07 Å². The van der Waals surface area contributed by atoms with E-state index in [1.54, 1.807) is 45.0 Å². The van der Waals surface area contributed by atoms with Crippen LogP contribution in [0.25, 0.3) is 10.9 Å². The molecule has 0 aliphatic rings. The maximum absolute atomic E-state index is 13.1. The van der Waals surface area contributed by atoms with Crippen molar-refractivity contribution in [3.8, 4) is 0 Å². The van der Waals surface area contributed by atoms with Gasteiger partial charge in [0.1, 0.15) is 0 Å². The van der Waals surface area contributed by atoms with Crippen molar-refractivity contribution in [3.63, 3.8) is 0 Å². The molecule has 1 nitrogen and oxygen atoms in total. The summed E-state index contributed by atoms with van der Waals surface area (Å²) in [6.45, 7) is 5.21. The Labute approximate surface area is 104 Å². The summed E-state index contributed by atoms with van der Waals surface area (Å²) in [6.07, 6.45) is -4.38. The molecule has 2 aromatic rings. The molecule has 0 unspecified atom stereocenters. The van der Waals surface area contributed by atoms with Gasteiger partial charge in [-0.2, -0.15) is 13.2 Å². The summed E-state index contributed by atoms with van der Waals surface area (Å²) in [4.78, 5) is 4.19. The van der Waals surface area contributed by atoms with E-state index in [2.05, 4.69) is 4.98 Å². The number of pyridine rings is 1. The zero-order valence-electron chi connectivity index (χ0n) is 10.5. The van der Waals surface area contributed by atoms with Gasteiger partial charge in [0, 0.05) is 10.8 Å². The van der Waals surface area contributed by atoms with Gasteiger partial charge in [-0.25, -0.2) is 0 Å². The molecule has 0 saturated heterocycles. The largest absolute Gasteiger partial charge is 0.418 e. The lowest BCUT2D eigenvalue weighted by Gasteiger charge is -2.23. The second kappa shape index (κ2) is 3.97. The van der Waals surface area contributed by atoms with Crippen molar-refractivity contribution in [1.29, 1.82) is 0 Å². The van der Waals surface area contributed by atoms with Crippen molar-refractivity contribution in [2.24, 2.45) is 0 Å². The fourth-order valence-electron chi connectivity index (χ4n) is 1.90. The van der Waals surface area contributed by atoms with Crippen molar-refractivity contribution in [3.05, 3.63) is 41.6 Å². The summed E-state index contributed by atoms with van der Waals surface area (Å²) in [5, 5.41) is 0.512. The minimum absolute atomic E-state index is 0.0914. The zero-order valence-corrected chi connectivity index (χ0v) is 10.5. The summed E-state index contributed by atoms with van der Waals surface area (Å²) in [5.74, 6) is 0. The third-order valence-corrected chi connectivity index (χ3v) is 2.74. The standard InChI is InChI=1S/C14H14F3N/c1-13(2,3)12-10(14(15,16)17)8-9-6-4-5-7-11(9)18-12/h4-8H,1-3H3. The first-order chi connectivity index (χ1) is 8.19. The normalized spacial score (nSPS) is 13.0. The van der Waals surface area contributed by atoms with Crippen LogP contribution < -0.4 is 0 Å². The second-order valence-corrected chi connectivity index (χ2v) is 5.32. The molecule has 0 spiro atoms. The monoisotopic (exact) mass is 253 g/mol. The Balaban J connectivity index is 2.81. The van der Waals surface area contributed by atoms with E-state index in [1.807, 2.05) is 0 Å². The molecule has 0 bridgehead atoms. The molecule has 4 heteroatoms. The van der Waals surface area contributed by atoms with E-state index in [0.29, 0.717) is 10.9 Å². The quantitative estimate of drug-likeness (QED) is 0.671. The number of fused-ring (bicyclic) bond motifs is 1. The molecule has 0 aliphatic heterocycles. The predicted octanol–water partition coefficient (Wildman–Crippen LogP) is 4.55. The Morgan fingerprint density at radius 3 is 2.17 bits per heavy atom. The topological polar surface area (TPSA) is 12.9 Å². The Bertz CT molecular complexity index is 527. The predicted molar refractivity (Wildman–Crippen MR) is 65.4 cm³/mol. The fraction of sp³-hybridized carbons (Fsp3) is 0.357. The van der Waals surface area contributed by atoms with Crippen molar-refractivity contribution in [1.82, 2.24) is 4.98 Å². The van der Waals surface area contributed by atoms with Crippen LogP contribution in [0.5, 0.6) is 0 Å². The van der Waals surface area contributed by atoms with Gasteiger partial charge in [0.15, 0.2) is 0 Å². The first-order valence-electron chi connectivity index (χ1n) is 5.67. The number of alkyl halides is 3. The molecule has 1 aromatic heterocycles. The van der Waals surface area contributed by atoms with Crippen LogP contribution in [0.2, 0.25) is 0 Å². The lowest BCUT2D eigenvalue weighted by Crippen LogP contribution is -2.21. The smallest absolute Gasteiger partial charge is 0.252 e. The summed E-state index contributed by atoms with van der Waals surface area (Å²) in [7, 11) is 0. The highest BCUT2D eigenvalue weighted by atomic mass is 19.4. The molecule has 0 aliphatic carbocycles. The molecular weight excluding hydrogens is 239 g/mol. The Hall–Kier alpha value is -1.58. The lowest BCUT2D eigenvalue weighted by molar-refractivity contribution is -0.138. The number of halogens is 3. The van der Waals surface area contributed by atoms with Crippen LogP contribution in [-0.4, -0.2) is 4.98 Å². The molecule has 0 atom stereocenters. The number of benzene rings is 1. The third kappa shape index (κ3) is 2.33. The summed E-state index contributed by atoms with van der Waals surface area (Å²) < 4.78 is 39.2. The fourth-order valence-corrected chi connectivity index (χ4v) is 1.90. The molecule has 2 rings (SSSR count). The van der Waals surface area contributed by atoms with Crippen LogP contribution in [0.15, 0.2) is 30.3 Å². The number of hydrogen-bond acceptors (Lipinski definition) is 1. The maximum atomic E-state index is 13.1. The molecule has 18 heavy (non-hydrogen) atoms. The van der Waals surface area contributed by atoms with E-state index in [4.69, 9.17) is 0 Å². The molecule has 0 N–H and O–H groups in total. The Morgan fingerprint density at radius 1 is 1.00 bits per heavy atom. The minimum atomic E-state index is -4.38. The van der Waals surface area contributed by atoms with E-state index in [-0.39, 0.29) is 5.69 Å². The van der Waals surface area contributed by atoms with Gasteiger partial charge >= 0.3 is 6.18 Å². The summed E-state index contributed by atoms with van der Waals surface area (Å²) >= 11 is 0. The zero-order chi connectivity index (χ0) is 13.6. The number of aromatic nitrogens is 1. The van der Waals surface area contributed by atoms with Crippen LogP contribution in [-0.2, 0) is 11.6 Å². The molecule has 0 fully saturated rings. The Morgan fingerprint density at radius 2 is 1.61 bits per heavy atom. The average molecular weight is 253 g/mol. The van der Waals surface area contributed by atoms with E-state index < -0.39 is 17.2 Å². The van der Waals surface area contributed by atoms with Crippen molar-refractivity contribution in [2.75, 3.05) is 0 Å². The summed E-state index contributed by atoms with van der Waals surface area (Å²) in [6, 6.07) is 8.04. The van der Waals surface area contributed by atoms with Gasteiger partial charge in [0.05, 0.1) is 16.8 Å². The highest BCUT2D eigenvalue weighted by Crippen LogP contribution is 2.37. The molecule has 1 aromatic carbocycles. The van der Waals surface area contributed by atoms with Crippen LogP contribution in [0.3, 0.4) is 0 Å². The van der Waals surface area contributed by atoms with Gasteiger partial charge in [0.2, 0.25) is 0 Å². The first-order valence-corrected chi connectivity index (χ1v) is 5.67. The lowest BCUT2D eigenvalue weighted by atomic mass is 9.87. The van der Waals surface area contributed by atoms with E-state index in [0.717, 1.165) is 0 Å². The van der Waals surface area contributed by atoms with Crippen LogP contribution in [0.4, 0.5) is 13.2 Å². The van der Waals surface area contributed by atoms with Crippen LogP contribution in [0, 0.1) is 0 Å². The summed E-state index contributed by atoms with van der Waals surface area (Å²) in [5.41, 5.74) is -0.604. The number of para-hydroxylation sites is 1. The van der Waals surface area contributed by atoms with E-state index >= 15 is 0 Å². The van der Waals surface area contributed by atoms with Gasteiger partial charge in [-0.1, -0.05) is 39.0 Å². The first kappa shape index (κ1) is 12.9. The SMILES string of the molecule is CC(C)(C)c1nc2ccccc2cc1C(F)(F)F. The molecule has 0 saturated carbocycles. The molecular formula is C14H14F3N. The molecule has 96 valence electrons. The van der Waals surface area contributed by atoms with Gasteiger partial charge in [-0.15, -0.1) is 0 Å². The second-order valence-electron chi connectivity index (χ2n) is 5.32. The van der Waals surface area contributed by atoms with Gasteiger partial charge in [-0.05, 0) is 12.1 Å². The molecule has 0 radical (unpaired) electrons. The maximum Gasteiger partial charge on any atom is 0.418 e. The van der Waals surface area contributed by atoms with Crippen molar-refractivity contribution in [2.45, 2.75) is 32.4 Å². The Kier molecular flexibility index (Phi) is 2.84. The van der Waals surface area contributed by atoms with Crippen LogP contribution >= 0.6 is 0 Å². The van der Waals surface area contributed by atoms with Gasteiger partial charge in [0.25, 0.3) is 0 Å².